The third-order valence-electron chi connectivity index (χ3n) is 2.47. The molecule has 0 nitrogen and oxygen atoms in total. The molecular weight excluding hydrogens is 304 g/mol. The van der Waals surface area contributed by atoms with Crippen molar-refractivity contribution in [2.45, 2.75) is 6.42 Å². The summed E-state index contributed by atoms with van der Waals surface area (Å²) in [4.78, 5) is 0. The van der Waals surface area contributed by atoms with Gasteiger partial charge in [-0.05, 0) is 22.1 Å². The van der Waals surface area contributed by atoms with Crippen molar-refractivity contribution >= 4 is 11.0 Å². The molecule has 0 fully saturated rings. The molecule has 0 atom stereocenters. The van der Waals surface area contributed by atoms with Gasteiger partial charge < -0.3 is 14.9 Å². The predicted octanol–water partition coefficient (Wildman–Crippen LogP) is 4.37. The first kappa shape index (κ1) is 24.8. The van der Waals surface area contributed by atoms with Gasteiger partial charge in [0.05, 0.1) is 0 Å². The Hall–Kier alpha value is -1.15. The van der Waals surface area contributed by atoms with E-state index in [1.54, 1.807) is 0 Å². The number of hydrogen-bond acceptors (Lipinski definition) is 0. The molecule has 3 rings (SSSR count). The van der Waals surface area contributed by atoms with Crippen LogP contribution in [0.25, 0.3) is 11.1 Å². The largest absolute Gasteiger partial charge is 3.00 e. The summed E-state index contributed by atoms with van der Waals surface area (Å²) in [6.07, 6.45) is 10.0. The van der Waals surface area contributed by atoms with E-state index in [1.807, 2.05) is 24.3 Å². The van der Waals surface area contributed by atoms with Gasteiger partial charge in [-0.1, -0.05) is 60.7 Å². The zero-order valence-electron chi connectivity index (χ0n) is 13.2. The van der Waals surface area contributed by atoms with Gasteiger partial charge in [0.25, 0.3) is 0 Å². The van der Waals surface area contributed by atoms with E-state index in [2.05, 4.69) is 60.7 Å². The van der Waals surface area contributed by atoms with Crippen LogP contribution >= 0.6 is 0 Å². The summed E-state index contributed by atoms with van der Waals surface area (Å²) in [7, 11) is 0. The van der Waals surface area contributed by atoms with E-state index >= 15 is 0 Å². The molecule has 1 aliphatic carbocycles. The molecule has 2 aromatic rings. The average Bonchev–Trinajstić information content (AvgIpc) is 3.00. The Morgan fingerprint density at radius 3 is 1.38 bits per heavy atom. The molecular formula is C19H24SiTi. The van der Waals surface area contributed by atoms with Crippen molar-refractivity contribution in [3.05, 3.63) is 99.8 Å². The molecule has 0 heterocycles. The minimum absolute atomic E-state index is 0. The van der Waals surface area contributed by atoms with Crippen molar-refractivity contribution in [3.8, 4) is 11.1 Å². The van der Waals surface area contributed by atoms with Gasteiger partial charge in [0.1, 0.15) is 0 Å². The first-order valence-corrected chi connectivity index (χ1v) is 5.79. The van der Waals surface area contributed by atoms with Crippen LogP contribution in [0, 0.1) is 20.9 Å². The summed E-state index contributed by atoms with van der Waals surface area (Å²) in [5.41, 5.74) is 2.55. The van der Waals surface area contributed by atoms with Crippen LogP contribution < -0.4 is 0 Å². The summed E-state index contributed by atoms with van der Waals surface area (Å²) in [5.74, 6) is 0. The van der Waals surface area contributed by atoms with Gasteiger partial charge in [0.2, 0.25) is 0 Å². The number of benzene rings is 2. The zero-order chi connectivity index (χ0) is 11.8. The van der Waals surface area contributed by atoms with Crippen molar-refractivity contribution in [1.29, 1.82) is 0 Å². The molecule has 2 aromatic carbocycles. The minimum Gasteiger partial charge on any atom is -0.358 e. The monoisotopic (exact) mass is 328 g/mol. The fourth-order valence-corrected chi connectivity index (χ4v) is 1.60. The van der Waals surface area contributed by atoms with Gasteiger partial charge in [0.15, 0.2) is 0 Å². The maximum absolute atomic E-state index is 2.99. The van der Waals surface area contributed by atoms with Gasteiger partial charge in [-0.25, -0.2) is 12.2 Å². The van der Waals surface area contributed by atoms with E-state index in [4.69, 9.17) is 0 Å². The van der Waals surface area contributed by atoms with E-state index in [0.717, 1.165) is 6.42 Å². The van der Waals surface area contributed by atoms with Crippen molar-refractivity contribution < 1.29 is 21.7 Å². The first-order valence-electron chi connectivity index (χ1n) is 5.79. The Bertz CT molecular complexity index is 442. The fraction of sp³-hybridized carbons (Fsp3) is 0.0526. The Morgan fingerprint density at radius 1 is 0.714 bits per heavy atom. The van der Waals surface area contributed by atoms with Gasteiger partial charge in [-0.15, -0.1) is 6.42 Å². The van der Waals surface area contributed by atoms with Crippen LogP contribution in [0.5, 0.6) is 0 Å². The molecule has 2 radical (unpaired) electrons. The molecule has 108 valence electrons. The van der Waals surface area contributed by atoms with Crippen LogP contribution in [0.4, 0.5) is 0 Å². The summed E-state index contributed by atoms with van der Waals surface area (Å²) >= 11 is 0. The number of rotatable bonds is 1. The molecule has 0 N–H and O–H groups in total. The van der Waals surface area contributed by atoms with Crippen molar-refractivity contribution in [2.75, 3.05) is 0 Å². The van der Waals surface area contributed by atoms with Gasteiger partial charge >= 0.3 is 21.7 Å². The molecule has 0 saturated heterocycles. The zero-order valence-corrected chi connectivity index (χ0v) is 16.8. The van der Waals surface area contributed by atoms with Crippen LogP contribution in [0.1, 0.15) is 6.42 Å². The topological polar surface area (TPSA) is 0 Å². The summed E-state index contributed by atoms with van der Waals surface area (Å²) in [6.45, 7) is 0. The fourth-order valence-electron chi connectivity index (χ4n) is 1.60. The normalized spacial score (nSPS) is 9.71. The molecule has 0 bridgehead atoms. The van der Waals surface area contributed by atoms with Crippen LogP contribution in [-0.2, 0) is 21.7 Å². The summed E-state index contributed by atoms with van der Waals surface area (Å²) in [5, 5.41) is 0. The maximum atomic E-state index is 2.99. The van der Waals surface area contributed by atoms with Crippen LogP contribution in [0.2, 0.25) is 0 Å². The Morgan fingerprint density at radius 2 is 1.14 bits per heavy atom. The Kier molecular flexibility index (Phi) is 18.0. The number of hydrogen-bond donors (Lipinski definition) is 0. The summed E-state index contributed by atoms with van der Waals surface area (Å²) < 4.78 is 0. The Labute approximate surface area is 149 Å². The van der Waals surface area contributed by atoms with Crippen LogP contribution in [0.3, 0.4) is 0 Å². The van der Waals surface area contributed by atoms with E-state index in [0.29, 0.717) is 0 Å². The standard InChI is InChI=1S/C12H10.C5H5.2CH3.H3Si.Ti/c1-3-7-11(8-4-1)12-9-5-2-6-10-12;1-2-4-5-3-1;;;;/h1-10H;1-3H,4H2;3*1H3;/q;3*-1;;+3. The van der Waals surface area contributed by atoms with E-state index in [1.165, 1.54) is 11.1 Å². The molecule has 21 heavy (non-hydrogen) atoms. The van der Waals surface area contributed by atoms with Gasteiger partial charge in [0, 0.05) is 0 Å². The van der Waals surface area contributed by atoms with Crippen molar-refractivity contribution in [2.24, 2.45) is 0 Å². The molecule has 0 amide bonds. The van der Waals surface area contributed by atoms with E-state index < -0.39 is 0 Å². The predicted molar refractivity (Wildman–Crippen MR) is 96.2 cm³/mol. The first-order chi connectivity index (χ1) is 8.47. The minimum atomic E-state index is 0. The third kappa shape index (κ3) is 9.41. The quantitative estimate of drug-likeness (QED) is 0.538. The Balaban J connectivity index is -0.000000316. The molecule has 2 heteroatoms. The second-order valence-corrected chi connectivity index (χ2v) is 3.74. The molecule has 0 spiro atoms. The smallest absolute Gasteiger partial charge is 0.358 e. The van der Waals surface area contributed by atoms with Crippen molar-refractivity contribution in [1.82, 2.24) is 0 Å². The maximum Gasteiger partial charge on any atom is 3.00 e. The van der Waals surface area contributed by atoms with Crippen LogP contribution in [0.15, 0.2) is 78.9 Å². The molecule has 1 aliphatic rings. The molecule has 0 saturated carbocycles. The summed E-state index contributed by atoms with van der Waals surface area (Å²) in [6, 6.07) is 20.8. The second kappa shape index (κ2) is 15.2. The van der Waals surface area contributed by atoms with Gasteiger partial charge in [-0.3, -0.25) is 6.08 Å². The molecule has 0 unspecified atom stereocenters. The van der Waals surface area contributed by atoms with Gasteiger partial charge in [-0.2, -0.15) is 6.08 Å². The van der Waals surface area contributed by atoms with E-state index in [-0.39, 0.29) is 47.5 Å². The molecule has 0 aliphatic heterocycles. The van der Waals surface area contributed by atoms with Crippen LogP contribution in [-0.4, -0.2) is 11.0 Å². The SMILES string of the molecule is [C-]1=CC=CC1.[CH3-].[CH3-].[SiH3].[Ti+3].c1ccc(-c2ccccc2)cc1. The average molecular weight is 328 g/mol. The molecule has 0 aromatic heterocycles. The number of allylic oxidation sites excluding steroid dienone is 4. The third-order valence-corrected chi connectivity index (χ3v) is 2.47. The van der Waals surface area contributed by atoms with Crippen molar-refractivity contribution in [3.63, 3.8) is 0 Å². The second-order valence-electron chi connectivity index (χ2n) is 3.74. The van der Waals surface area contributed by atoms with E-state index in [9.17, 15) is 0 Å².